The molecule has 0 bridgehead atoms. The molecule has 9 heteroatoms. The van der Waals surface area contributed by atoms with Gasteiger partial charge in [0.2, 0.25) is 15.9 Å². The Balaban J connectivity index is 1.66. The summed E-state index contributed by atoms with van der Waals surface area (Å²) in [6, 6.07) is 3.90. The number of benzene rings is 1. The Labute approximate surface area is 145 Å². The Kier molecular flexibility index (Phi) is 5.14. The van der Waals surface area contributed by atoms with Crippen LogP contribution in [0.25, 0.3) is 0 Å². The van der Waals surface area contributed by atoms with E-state index in [4.69, 9.17) is 0 Å². The van der Waals surface area contributed by atoms with Crippen LogP contribution in [-0.2, 0) is 21.2 Å². The van der Waals surface area contributed by atoms with E-state index in [1.54, 1.807) is 12.4 Å². The molecule has 0 saturated carbocycles. The van der Waals surface area contributed by atoms with Crippen LogP contribution in [0.4, 0.5) is 4.39 Å². The van der Waals surface area contributed by atoms with Crippen molar-refractivity contribution in [1.29, 1.82) is 0 Å². The molecular formula is C16H19FN4O3S. The van der Waals surface area contributed by atoms with Crippen LogP contribution in [0, 0.1) is 5.82 Å². The lowest BCUT2D eigenvalue weighted by Gasteiger charge is -2.23. The van der Waals surface area contributed by atoms with Crippen LogP contribution < -0.4 is 5.32 Å². The second-order valence-electron chi connectivity index (χ2n) is 5.88. The zero-order valence-corrected chi connectivity index (χ0v) is 14.3. The van der Waals surface area contributed by atoms with Crippen molar-refractivity contribution in [3.8, 4) is 0 Å². The minimum absolute atomic E-state index is 0.00741. The summed E-state index contributed by atoms with van der Waals surface area (Å²) < 4.78 is 39.7. The second-order valence-corrected chi connectivity index (χ2v) is 7.77. The third kappa shape index (κ3) is 3.88. The molecule has 0 spiro atoms. The number of H-pyrrole nitrogens is 1. The van der Waals surface area contributed by atoms with Crippen LogP contribution in [0.15, 0.2) is 41.6 Å². The first-order chi connectivity index (χ1) is 12.0. The third-order valence-corrected chi connectivity index (χ3v) is 6.12. The SMILES string of the molecule is O=C(NCCc1cn[nH]c1)[C@H]1CCCN1S(=O)(=O)c1ccc(F)cc1. The second kappa shape index (κ2) is 7.32. The minimum atomic E-state index is -3.83. The molecule has 0 aliphatic carbocycles. The number of aromatic amines is 1. The van der Waals surface area contributed by atoms with Gasteiger partial charge in [0.15, 0.2) is 0 Å². The molecule has 1 aromatic carbocycles. The normalized spacial score (nSPS) is 18.4. The number of carbonyl (C=O) groups excluding carboxylic acids is 1. The lowest BCUT2D eigenvalue weighted by Crippen LogP contribution is -2.46. The van der Waals surface area contributed by atoms with Gasteiger partial charge < -0.3 is 5.32 Å². The third-order valence-electron chi connectivity index (χ3n) is 4.19. The number of hydrogen-bond acceptors (Lipinski definition) is 4. The molecule has 2 heterocycles. The number of hydrogen-bond donors (Lipinski definition) is 2. The Bertz CT molecular complexity index is 822. The lowest BCUT2D eigenvalue weighted by molar-refractivity contribution is -0.124. The fourth-order valence-corrected chi connectivity index (χ4v) is 4.55. The number of halogens is 1. The minimum Gasteiger partial charge on any atom is -0.354 e. The molecule has 1 fully saturated rings. The molecule has 1 aliphatic rings. The highest BCUT2D eigenvalue weighted by Crippen LogP contribution is 2.26. The maximum Gasteiger partial charge on any atom is 0.243 e. The molecule has 25 heavy (non-hydrogen) atoms. The molecule has 0 radical (unpaired) electrons. The van der Waals surface area contributed by atoms with Crippen LogP contribution in [0.1, 0.15) is 18.4 Å². The summed E-state index contributed by atoms with van der Waals surface area (Å²) in [4.78, 5) is 12.4. The van der Waals surface area contributed by atoms with Crippen molar-refractivity contribution in [3.05, 3.63) is 48.0 Å². The van der Waals surface area contributed by atoms with Crippen molar-refractivity contribution >= 4 is 15.9 Å². The van der Waals surface area contributed by atoms with E-state index in [0.717, 1.165) is 17.7 Å². The molecule has 0 unspecified atom stereocenters. The monoisotopic (exact) mass is 366 g/mol. The van der Waals surface area contributed by atoms with Crippen LogP contribution in [0.5, 0.6) is 0 Å². The quantitative estimate of drug-likeness (QED) is 0.799. The number of carbonyl (C=O) groups is 1. The molecule has 2 N–H and O–H groups in total. The van der Waals surface area contributed by atoms with Crippen molar-refractivity contribution in [1.82, 2.24) is 19.8 Å². The van der Waals surface area contributed by atoms with E-state index in [1.807, 2.05) is 0 Å². The van der Waals surface area contributed by atoms with Crippen molar-refractivity contribution in [2.75, 3.05) is 13.1 Å². The molecule has 7 nitrogen and oxygen atoms in total. The number of sulfonamides is 1. The molecule has 1 saturated heterocycles. The van der Waals surface area contributed by atoms with Crippen molar-refractivity contribution in [2.45, 2.75) is 30.2 Å². The molecule has 134 valence electrons. The Hall–Kier alpha value is -2.26. The molecule has 1 atom stereocenters. The molecule has 2 aromatic rings. The van der Waals surface area contributed by atoms with E-state index in [9.17, 15) is 17.6 Å². The summed E-state index contributed by atoms with van der Waals surface area (Å²) in [5, 5.41) is 9.30. The highest BCUT2D eigenvalue weighted by Gasteiger charge is 2.39. The Morgan fingerprint density at radius 3 is 2.80 bits per heavy atom. The molecule has 1 aromatic heterocycles. The number of amides is 1. The van der Waals surface area contributed by atoms with E-state index >= 15 is 0 Å². The first kappa shape index (κ1) is 17.6. The lowest BCUT2D eigenvalue weighted by atomic mass is 10.2. The number of nitrogens with zero attached hydrogens (tertiary/aromatic N) is 2. The first-order valence-electron chi connectivity index (χ1n) is 8.01. The van der Waals surface area contributed by atoms with E-state index in [1.165, 1.54) is 16.4 Å². The van der Waals surface area contributed by atoms with E-state index in [0.29, 0.717) is 25.8 Å². The predicted molar refractivity (Wildman–Crippen MR) is 88.6 cm³/mol. The van der Waals surface area contributed by atoms with Gasteiger partial charge in [0.25, 0.3) is 0 Å². The molecule has 1 aliphatic heterocycles. The topological polar surface area (TPSA) is 95.2 Å². The smallest absolute Gasteiger partial charge is 0.243 e. The fraction of sp³-hybridized carbons (Fsp3) is 0.375. The van der Waals surface area contributed by atoms with Gasteiger partial charge in [-0.25, -0.2) is 12.8 Å². The number of aromatic nitrogens is 2. The van der Waals surface area contributed by atoms with Crippen molar-refractivity contribution < 1.29 is 17.6 Å². The molecule has 3 rings (SSSR count). The Morgan fingerprint density at radius 2 is 2.12 bits per heavy atom. The maximum atomic E-state index is 13.0. The van der Waals surface area contributed by atoms with Gasteiger partial charge >= 0.3 is 0 Å². The standard InChI is InChI=1S/C16H19FN4O3S/c17-13-3-5-14(6-4-13)25(23,24)21-9-1-2-15(21)16(22)18-8-7-12-10-19-20-11-12/h3-6,10-11,15H,1-2,7-9H2,(H,18,22)(H,19,20)/t15-/m1/s1. The van der Waals surface area contributed by atoms with Crippen LogP contribution >= 0.6 is 0 Å². The molecule has 1 amide bonds. The van der Waals surface area contributed by atoms with Gasteiger partial charge in [-0.05, 0) is 49.1 Å². The van der Waals surface area contributed by atoms with Gasteiger partial charge in [0.05, 0.1) is 11.1 Å². The Morgan fingerprint density at radius 1 is 1.36 bits per heavy atom. The summed E-state index contributed by atoms with van der Waals surface area (Å²) in [6.07, 6.45) is 5.11. The van der Waals surface area contributed by atoms with Gasteiger partial charge in [-0.1, -0.05) is 0 Å². The van der Waals surface area contributed by atoms with Crippen molar-refractivity contribution in [3.63, 3.8) is 0 Å². The zero-order valence-electron chi connectivity index (χ0n) is 13.5. The van der Waals surface area contributed by atoms with E-state index < -0.39 is 21.9 Å². The van der Waals surface area contributed by atoms with Gasteiger partial charge in [-0.3, -0.25) is 9.89 Å². The number of nitrogens with one attached hydrogen (secondary N) is 2. The summed E-state index contributed by atoms with van der Waals surface area (Å²) in [5.41, 5.74) is 0.961. The summed E-state index contributed by atoms with van der Waals surface area (Å²) in [5.74, 6) is -0.819. The van der Waals surface area contributed by atoms with Gasteiger partial charge in [-0.2, -0.15) is 9.40 Å². The van der Waals surface area contributed by atoms with Crippen LogP contribution in [-0.4, -0.2) is 48.0 Å². The fourth-order valence-electron chi connectivity index (χ4n) is 2.89. The van der Waals surface area contributed by atoms with E-state index in [-0.39, 0.29) is 17.3 Å². The summed E-state index contributed by atoms with van der Waals surface area (Å²) >= 11 is 0. The van der Waals surface area contributed by atoms with E-state index in [2.05, 4.69) is 15.5 Å². The largest absolute Gasteiger partial charge is 0.354 e. The zero-order chi connectivity index (χ0) is 17.9. The average Bonchev–Trinajstić information content (AvgIpc) is 3.27. The highest BCUT2D eigenvalue weighted by molar-refractivity contribution is 7.89. The average molecular weight is 366 g/mol. The summed E-state index contributed by atoms with van der Waals surface area (Å²) in [6.45, 7) is 0.679. The van der Waals surface area contributed by atoms with Crippen LogP contribution in [0.3, 0.4) is 0 Å². The summed E-state index contributed by atoms with van der Waals surface area (Å²) in [7, 11) is -3.83. The highest BCUT2D eigenvalue weighted by atomic mass is 32.2. The van der Waals surface area contributed by atoms with Gasteiger partial charge in [-0.15, -0.1) is 0 Å². The predicted octanol–water partition coefficient (Wildman–Crippen LogP) is 1.06. The van der Waals surface area contributed by atoms with Gasteiger partial charge in [0, 0.05) is 19.3 Å². The van der Waals surface area contributed by atoms with Crippen LogP contribution in [0.2, 0.25) is 0 Å². The molecular weight excluding hydrogens is 347 g/mol. The number of rotatable bonds is 6. The van der Waals surface area contributed by atoms with Gasteiger partial charge in [0.1, 0.15) is 11.9 Å². The first-order valence-corrected chi connectivity index (χ1v) is 9.45. The van der Waals surface area contributed by atoms with Crippen molar-refractivity contribution in [2.24, 2.45) is 0 Å². The maximum absolute atomic E-state index is 13.0.